The summed E-state index contributed by atoms with van der Waals surface area (Å²) in [6, 6.07) is 6.84. The smallest absolute Gasteiger partial charge is 0.175 e. The summed E-state index contributed by atoms with van der Waals surface area (Å²) >= 11 is 0. The minimum Gasteiger partial charge on any atom is -0.383 e. The molecule has 19 heavy (non-hydrogen) atoms. The van der Waals surface area contributed by atoms with Crippen molar-refractivity contribution in [1.29, 1.82) is 0 Å². The number of hydrogen-bond donors (Lipinski definition) is 2. The lowest BCUT2D eigenvalue weighted by Crippen LogP contribution is -2.47. The van der Waals surface area contributed by atoms with Crippen LogP contribution in [0.5, 0.6) is 0 Å². The molecule has 106 valence electrons. The van der Waals surface area contributed by atoms with E-state index in [0.29, 0.717) is 4.90 Å². The first-order valence-corrected chi connectivity index (χ1v) is 8.61. The lowest BCUT2D eigenvalue weighted by atomic mass is 9.82. The van der Waals surface area contributed by atoms with E-state index in [1.54, 1.807) is 24.3 Å². The van der Waals surface area contributed by atoms with Gasteiger partial charge in [-0.05, 0) is 37.1 Å². The number of benzene rings is 1. The molecule has 0 bridgehead atoms. The van der Waals surface area contributed by atoms with Gasteiger partial charge in [0.05, 0.1) is 4.90 Å². The summed E-state index contributed by atoms with van der Waals surface area (Å²) in [5.74, 6) is 0. The predicted molar refractivity (Wildman–Crippen MR) is 78.0 cm³/mol. The fourth-order valence-corrected chi connectivity index (χ4v) is 3.16. The van der Waals surface area contributed by atoms with E-state index in [-0.39, 0.29) is 5.54 Å². The Morgan fingerprint density at radius 3 is 2.26 bits per heavy atom. The van der Waals surface area contributed by atoms with E-state index in [2.05, 4.69) is 5.32 Å². The Kier molecular flexibility index (Phi) is 4.16. The number of nitrogens with one attached hydrogen (secondary N) is 1. The molecule has 0 spiro atoms. The maximum absolute atomic E-state index is 11.4. The van der Waals surface area contributed by atoms with Crippen LogP contribution >= 0.6 is 0 Å². The largest absolute Gasteiger partial charge is 0.383 e. The Bertz CT molecular complexity index is 517. The van der Waals surface area contributed by atoms with Crippen molar-refractivity contribution < 1.29 is 8.42 Å². The Hall–Kier alpha value is -1.07. The molecule has 4 nitrogen and oxygen atoms in total. The average molecular weight is 282 g/mol. The number of anilines is 1. The summed E-state index contributed by atoms with van der Waals surface area (Å²) in [6.45, 7) is 0.741. The molecule has 1 aliphatic rings. The van der Waals surface area contributed by atoms with Crippen molar-refractivity contribution in [1.82, 2.24) is 0 Å². The SMILES string of the molecule is CS(=O)(=O)c1ccc(NCC2(N)CCCCC2)cc1. The van der Waals surface area contributed by atoms with Crippen LogP contribution < -0.4 is 11.1 Å². The highest BCUT2D eigenvalue weighted by molar-refractivity contribution is 7.90. The number of hydrogen-bond acceptors (Lipinski definition) is 4. The highest BCUT2D eigenvalue weighted by atomic mass is 32.2. The van der Waals surface area contributed by atoms with Gasteiger partial charge in [0.25, 0.3) is 0 Å². The summed E-state index contributed by atoms with van der Waals surface area (Å²) in [5, 5.41) is 3.31. The standard InChI is InChI=1S/C14H22N2O2S/c1-19(17,18)13-7-5-12(6-8-13)16-11-14(15)9-3-2-4-10-14/h5-8,16H,2-4,9-11,15H2,1H3. The first kappa shape index (κ1) is 14.3. The molecule has 0 aliphatic heterocycles. The fourth-order valence-electron chi connectivity index (χ4n) is 2.53. The van der Waals surface area contributed by atoms with Crippen LogP contribution in [-0.2, 0) is 9.84 Å². The summed E-state index contributed by atoms with van der Waals surface area (Å²) in [5.41, 5.74) is 7.15. The number of sulfone groups is 1. The molecule has 5 heteroatoms. The molecule has 1 saturated carbocycles. The molecule has 0 saturated heterocycles. The van der Waals surface area contributed by atoms with Crippen molar-refractivity contribution in [2.75, 3.05) is 18.1 Å². The summed E-state index contributed by atoms with van der Waals surface area (Å²) in [4.78, 5) is 0.346. The van der Waals surface area contributed by atoms with Gasteiger partial charge in [-0.3, -0.25) is 0 Å². The molecular weight excluding hydrogens is 260 g/mol. The predicted octanol–water partition coefficient (Wildman–Crippen LogP) is 2.16. The van der Waals surface area contributed by atoms with Crippen LogP contribution in [0.25, 0.3) is 0 Å². The normalized spacial score (nSPS) is 19.1. The Morgan fingerprint density at radius 1 is 1.16 bits per heavy atom. The second-order valence-electron chi connectivity index (χ2n) is 5.57. The van der Waals surface area contributed by atoms with Crippen LogP contribution in [0.1, 0.15) is 32.1 Å². The monoisotopic (exact) mass is 282 g/mol. The molecule has 1 aromatic rings. The third-order valence-electron chi connectivity index (χ3n) is 3.78. The lowest BCUT2D eigenvalue weighted by molar-refractivity contribution is 0.311. The number of nitrogens with two attached hydrogens (primary N) is 1. The van der Waals surface area contributed by atoms with E-state index < -0.39 is 9.84 Å². The molecule has 0 amide bonds. The molecule has 0 aromatic heterocycles. The third-order valence-corrected chi connectivity index (χ3v) is 4.90. The maximum Gasteiger partial charge on any atom is 0.175 e. The molecule has 0 heterocycles. The van der Waals surface area contributed by atoms with E-state index in [0.717, 1.165) is 25.1 Å². The average Bonchev–Trinajstić information content (AvgIpc) is 2.37. The Balaban J connectivity index is 1.96. The van der Waals surface area contributed by atoms with Crippen LogP contribution in [0.3, 0.4) is 0 Å². The molecule has 3 N–H and O–H groups in total. The van der Waals surface area contributed by atoms with Gasteiger partial charge in [0.2, 0.25) is 0 Å². The molecule has 0 radical (unpaired) electrons. The molecule has 0 atom stereocenters. The fraction of sp³-hybridized carbons (Fsp3) is 0.571. The van der Waals surface area contributed by atoms with Gasteiger partial charge < -0.3 is 11.1 Å². The molecule has 1 aliphatic carbocycles. The molecule has 2 rings (SSSR count). The van der Waals surface area contributed by atoms with Crippen molar-refractivity contribution in [3.05, 3.63) is 24.3 Å². The molecular formula is C14H22N2O2S. The van der Waals surface area contributed by atoms with Crippen molar-refractivity contribution in [2.45, 2.75) is 42.5 Å². The van der Waals surface area contributed by atoms with E-state index in [1.165, 1.54) is 25.5 Å². The van der Waals surface area contributed by atoms with Gasteiger partial charge in [-0.1, -0.05) is 19.3 Å². The van der Waals surface area contributed by atoms with E-state index in [9.17, 15) is 8.42 Å². The highest BCUT2D eigenvalue weighted by Gasteiger charge is 2.26. The minimum absolute atomic E-state index is 0.117. The molecule has 0 unspecified atom stereocenters. The number of rotatable bonds is 4. The Morgan fingerprint density at radius 2 is 1.74 bits per heavy atom. The van der Waals surface area contributed by atoms with E-state index >= 15 is 0 Å². The second-order valence-corrected chi connectivity index (χ2v) is 7.59. The van der Waals surface area contributed by atoms with Gasteiger partial charge in [0.15, 0.2) is 9.84 Å². The lowest BCUT2D eigenvalue weighted by Gasteiger charge is -2.33. The van der Waals surface area contributed by atoms with E-state index in [1.807, 2.05) is 0 Å². The third kappa shape index (κ3) is 3.94. The van der Waals surface area contributed by atoms with Crippen molar-refractivity contribution in [3.63, 3.8) is 0 Å². The van der Waals surface area contributed by atoms with Crippen molar-refractivity contribution >= 4 is 15.5 Å². The maximum atomic E-state index is 11.4. The summed E-state index contributed by atoms with van der Waals surface area (Å²) < 4.78 is 22.7. The zero-order valence-corrected chi connectivity index (χ0v) is 12.2. The van der Waals surface area contributed by atoms with Gasteiger partial charge in [0, 0.05) is 24.0 Å². The van der Waals surface area contributed by atoms with Crippen molar-refractivity contribution in [3.8, 4) is 0 Å². The topological polar surface area (TPSA) is 72.2 Å². The zero-order chi connectivity index (χ0) is 13.9. The Labute approximate surface area is 115 Å². The molecule has 1 aromatic carbocycles. The van der Waals surface area contributed by atoms with Gasteiger partial charge in [0.1, 0.15) is 0 Å². The first-order valence-electron chi connectivity index (χ1n) is 6.72. The van der Waals surface area contributed by atoms with Gasteiger partial charge in [-0.2, -0.15) is 0 Å². The van der Waals surface area contributed by atoms with Gasteiger partial charge in [-0.25, -0.2) is 8.42 Å². The van der Waals surface area contributed by atoms with E-state index in [4.69, 9.17) is 5.73 Å². The highest BCUT2D eigenvalue weighted by Crippen LogP contribution is 2.26. The van der Waals surface area contributed by atoms with Crippen LogP contribution in [-0.4, -0.2) is 26.8 Å². The minimum atomic E-state index is -3.12. The van der Waals surface area contributed by atoms with Crippen molar-refractivity contribution in [2.24, 2.45) is 5.73 Å². The van der Waals surface area contributed by atoms with Crippen LogP contribution in [0.2, 0.25) is 0 Å². The van der Waals surface area contributed by atoms with Gasteiger partial charge in [-0.15, -0.1) is 0 Å². The zero-order valence-electron chi connectivity index (χ0n) is 11.4. The molecule has 1 fully saturated rings. The van der Waals surface area contributed by atoms with Crippen LogP contribution in [0, 0.1) is 0 Å². The second kappa shape index (κ2) is 5.51. The summed E-state index contributed by atoms with van der Waals surface area (Å²) in [6.07, 6.45) is 7.01. The quantitative estimate of drug-likeness (QED) is 0.887. The van der Waals surface area contributed by atoms with Gasteiger partial charge >= 0.3 is 0 Å². The van der Waals surface area contributed by atoms with Crippen LogP contribution in [0.15, 0.2) is 29.2 Å². The summed E-state index contributed by atoms with van der Waals surface area (Å²) in [7, 11) is -3.12. The first-order chi connectivity index (χ1) is 8.89. The van der Waals surface area contributed by atoms with Crippen LogP contribution in [0.4, 0.5) is 5.69 Å².